The van der Waals surface area contributed by atoms with Crippen LogP contribution in [-0.4, -0.2) is 66.7 Å². The Bertz CT molecular complexity index is 831. The van der Waals surface area contributed by atoms with Crippen molar-refractivity contribution in [2.24, 2.45) is 4.99 Å². The van der Waals surface area contributed by atoms with Crippen molar-refractivity contribution in [3.63, 3.8) is 0 Å². The Labute approximate surface area is 174 Å². The van der Waals surface area contributed by atoms with Crippen LogP contribution in [0, 0.1) is 0 Å². The Hall–Kier alpha value is -1.94. The maximum Gasteiger partial charge on any atom is 0.159 e. The molecule has 0 aliphatic carbocycles. The summed E-state index contributed by atoms with van der Waals surface area (Å²) < 4.78 is 7.73. The molecule has 9 heteroatoms. The number of benzene rings is 1. The molecule has 8 nitrogen and oxygen atoms in total. The third-order valence-electron chi connectivity index (χ3n) is 5.21. The van der Waals surface area contributed by atoms with Crippen LogP contribution in [0.1, 0.15) is 24.6 Å². The van der Waals surface area contributed by atoms with Crippen molar-refractivity contribution in [1.29, 1.82) is 0 Å². The smallest absolute Gasteiger partial charge is 0.159 e. The van der Waals surface area contributed by atoms with Gasteiger partial charge in [-0.15, -0.1) is 5.10 Å². The molecule has 2 aromatic rings. The number of nitrogens with zero attached hydrogens (tertiary/aromatic N) is 4. The Morgan fingerprint density at radius 2 is 2.03 bits per heavy atom. The van der Waals surface area contributed by atoms with E-state index >= 15 is 0 Å². The van der Waals surface area contributed by atoms with Crippen molar-refractivity contribution < 1.29 is 14.9 Å². The minimum atomic E-state index is -1.00. The zero-order chi connectivity index (χ0) is 20.2. The zero-order valence-electron chi connectivity index (χ0n) is 16.4. The van der Waals surface area contributed by atoms with E-state index in [9.17, 15) is 10.2 Å². The summed E-state index contributed by atoms with van der Waals surface area (Å²) in [5.74, 6) is 0. The van der Waals surface area contributed by atoms with E-state index in [1.807, 2.05) is 19.2 Å². The number of hydrogen-bond acceptors (Lipinski definition) is 7. The van der Waals surface area contributed by atoms with Gasteiger partial charge in [0.05, 0.1) is 18.3 Å². The number of aliphatic hydroxyl groups is 2. The fourth-order valence-electron chi connectivity index (χ4n) is 3.69. The van der Waals surface area contributed by atoms with E-state index in [4.69, 9.17) is 4.74 Å². The van der Waals surface area contributed by atoms with E-state index in [0.717, 1.165) is 30.1 Å². The Morgan fingerprint density at radius 3 is 2.83 bits per heavy atom. The number of amidine groups is 1. The normalized spacial score (nSPS) is 30.3. The van der Waals surface area contributed by atoms with Gasteiger partial charge in [-0.3, -0.25) is 4.99 Å². The molecular weight excluding hydrogens is 390 g/mol. The molecule has 0 saturated carbocycles. The van der Waals surface area contributed by atoms with Gasteiger partial charge in [-0.05, 0) is 31.7 Å². The van der Waals surface area contributed by atoms with E-state index < -0.39 is 18.3 Å². The van der Waals surface area contributed by atoms with Gasteiger partial charge in [0.15, 0.2) is 5.17 Å². The standard InChI is InChI=1S/C20H27N5O3S/c1-2-21-20-22-16-18(27)17(26)15(28-19(16)29-20)12-25-11-14(23-24-25)10-6-9-13-7-4-3-5-8-13/h3-5,7-8,11,15-19,26-27H,2,6,9-10,12H2,1H3,(H,21,22)/t15-,16-,17-,18-,19-/m1/s1. The number of aromatic nitrogens is 3. The van der Waals surface area contributed by atoms with Gasteiger partial charge in [-0.1, -0.05) is 47.3 Å². The van der Waals surface area contributed by atoms with Gasteiger partial charge in [-0.2, -0.15) is 0 Å². The summed E-state index contributed by atoms with van der Waals surface area (Å²) in [4.78, 5) is 4.34. The first-order chi connectivity index (χ1) is 14.1. The highest BCUT2D eigenvalue weighted by Crippen LogP contribution is 2.34. The average Bonchev–Trinajstić information content (AvgIpc) is 3.34. The number of thioether (sulfide) groups is 1. The van der Waals surface area contributed by atoms with Crippen molar-refractivity contribution in [3.8, 4) is 0 Å². The lowest BCUT2D eigenvalue weighted by Gasteiger charge is -2.38. The van der Waals surface area contributed by atoms with Crippen LogP contribution in [0.2, 0.25) is 0 Å². The van der Waals surface area contributed by atoms with Gasteiger partial charge in [0.2, 0.25) is 0 Å². The molecule has 2 aliphatic heterocycles. The second kappa shape index (κ2) is 9.25. The van der Waals surface area contributed by atoms with Crippen LogP contribution in [0.3, 0.4) is 0 Å². The van der Waals surface area contributed by atoms with Crippen molar-refractivity contribution in [2.75, 3.05) is 6.54 Å². The molecule has 156 valence electrons. The monoisotopic (exact) mass is 417 g/mol. The molecule has 5 atom stereocenters. The molecule has 29 heavy (non-hydrogen) atoms. The predicted octanol–water partition coefficient (Wildman–Crippen LogP) is 0.981. The van der Waals surface area contributed by atoms with Crippen molar-refractivity contribution in [2.45, 2.75) is 62.5 Å². The van der Waals surface area contributed by atoms with Gasteiger partial charge in [0.25, 0.3) is 0 Å². The molecule has 2 aliphatic rings. The van der Waals surface area contributed by atoms with Crippen LogP contribution in [0.5, 0.6) is 0 Å². The van der Waals surface area contributed by atoms with Crippen molar-refractivity contribution >= 4 is 16.9 Å². The molecule has 2 fully saturated rings. The number of rotatable bonds is 7. The van der Waals surface area contributed by atoms with Gasteiger partial charge in [-0.25, -0.2) is 4.68 Å². The van der Waals surface area contributed by atoms with Gasteiger partial charge < -0.3 is 20.3 Å². The highest BCUT2D eigenvalue weighted by atomic mass is 32.2. The molecule has 0 amide bonds. The highest BCUT2D eigenvalue weighted by Gasteiger charge is 2.49. The van der Waals surface area contributed by atoms with Crippen molar-refractivity contribution in [1.82, 2.24) is 20.3 Å². The largest absolute Gasteiger partial charge is 0.388 e. The number of aliphatic imine (C=N–C) groups is 1. The molecule has 2 saturated heterocycles. The fraction of sp³-hybridized carbons (Fsp3) is 0.550. The molecule has 1 aromatic heterocycles. The summed E-state index contributed by atoms with van der Waals surface area (Å²) in [7, 11) is 0. The van der Waals surface area contributed by atoms with E-state index in [2.05, 4.69) is 44.9 Å². The molecule has 0 spiro atoms. The zero-order valence-corrected chi connectivity index (χ0v) is 17.2. The number of aliphatic hydroxyl groups excluding tert-OH is 2. The summed E-state index contributed by atoms with van der Waals surface area (Å²) in [5, 5.41) is 33.3. The van der Waals surface area contributed by atoms with Gasteiger partial charge >= 0.3 is 0 Å². The first-order valence-corrected chi connectivity index (χ1v) is 10.9. The van der Waals surface area contributed by atoms with Crippen LogP contribution in [-0.2, 0) is 24.1 Å². The predicted molar refractivity (Wildman–Crippen MR) is 112 cm³/mol. The molecule has 3 N–H and O–H groups in total. The summed E-state index contributed by atoms with van der Waals surface area (Å²) in [6.45, 7) is 2.95. The summed E-state index contributed by atoms with van der Waals surface area (Å²) in [6.07, 6.45) is 2.24. The SMILES string of the molecule is CCN=C1N[C@@H]2[C@@H](O)[C@H](O)[C@@H](Cn3cc(CCCc4ccccc4)nn3)O[C@@H]2S1. The lowest BCUT2D eigenvalue weighted by molar-refractivity contribution is -0.160. The number of nitrogens with one attached hydrogen (secondary N) is 1. The fourth-order valence-corrected chi connectivity index (χ4v) is 4.90. The lowest BCUT2D eigenvalue weighted by atomic mass is 9.98. The quantitative estimate of drug-likeness (QED) is 0.617. The minimum Gasteiger partial charge on any atom is -0.388 e. The Balaban J connectivity index is 1.32. The van der Waals surface area contributed by atoms with E-state index in [0.29, 0.717) is 13.1 Å². The first-order valence-electron chi connectivity index (χ1n) is 10.1. The van der Waals surface area contributed by atoms with Crippen LogP contribution in [0.25, 0.3) is 0 Å². The van der Waals surface area contributed by atoms with Crippen LogP contribution >= 0.6 is 11.8 Å². The Kier molecular flexibility index (Phi) is 6.49. The topological polar surface area (TPSA) is 105 Å². The van der Waals surface area contributed by atoms with E-state index in [1.54, 1.807) is 4.68 Å². The van der Waals surface area contributed by atoms with Gasteiger partial charge in [0.1, 0.15) is 23.7 Å². The summed E-state index contributed by atoms with van der Waals surface area (Å²) >= 11 is 1.45. The average molecular weight is 418 g/mol. The number of ether oxygens (including phenoxy) is 1. The van der Waals surface area contributed by atoms with Crippen LogP contribution < -0.4 is 5.32 Å². The number of aryl methyl sites for hydroxylation is 2. The molecule has 4 rings (SSSR count). The summed E-state index contributed by atoms with van der Waals surface area (Å²) in [6, 6.07) is 10.0. The van der Waals surface area contributed by atoms with Crippen LogP contribution in [0.15, 0.2) is 41.5 Å². The maximum atomic E-state index is 10.5. The van der Waals surface area contributed by atoms with Crippen LogP contribution in [0.4, 0.5) is 0 Å². The molecule has 0 radical (unpaired) electrons. The molecular formula is C20H27N5O3S. The molecule has 0 unspecified atom stereocenters. The van der Waals surface area contributed by atoms with Crippen molar-refractivity contribution in [3.05, 3.63) is 47.8 Å². The maximum absolute atomic E-state index is 10.5. The summed E-state index contributed by atoms with van der Waals surface area (Å²) in [5.41, 5.74) is 1.95. The number of fused-ring (bicyclic) bond motifs is 1. The lowest BCUT2D eigenvalue weighted by Crippen LogP contribution is -2.59. The first kappa shape index (κ1) is 20.3. The second-order valence-electron chi connectivity index (χ2n) is 7.36. The minimum absolute atomic E-state index is 0.280. The second-order valence-corrected chi connectivity index (χ2v) is 8.45. The van der Waals surface area contributed by atoms with E-state index in [1.165, 1.54) is 17.3 Å². The molecule has 3 heterocycles. The third kappa shape index (κ3) is 4.80. The van der Waals surface area contributed by atoms with E-state index in [-0.39, 0.29) is 11.5 Å². The Morgan fingerprint density at radius 1 is 1.21 bits per heavy atom. The highest BCUT2D eigenvalue weighted by molar-refractivity contribution is 8.14. The molecule has 0 bridgehead atoms. The third-order valence-corrected chi connectivity index (χ3v) is 6.32. The van der Waals surface area contributed by atoms with Gasteiger partial charge in [0, 0.05) is 12.7 Å². The number of hydrogen-bond donors (Lipinski definition) is 3. The molecule has 1 aromatic carbocycles.